The lowest BCUT2D eigenvalue weighted by molar-refractivity contribution is 0.367. The van der Waals surface area contributed by atoms with Crippen LogP contribution in [-0.4, -0.2) is 30.5 Å². The van der Waals surface area contributed by atoms with E-state index in [4.69, 9.17) is 12.2 Å². The lowest BCUT2D eigenvalue weighted by atomic mass is 10.1. The molecule has 0 heterocycles. The molecule has 8 heteroatoms. The lowest BCUT2D eigenvalue weighted by Crippen LogP contribution is -2.21. The summed E-state index contributed by atoms with van der Waals surface area (Å²) < 4.78 is 0.587. The maximum atomic E-state index is 9.71. The average molecular weight is 461 g/mol. The molecule has 0 fully saturated rings. The minimum atomic E-state index is -0.553. The second-order valence-electron chi connectivity index (χ2n) is 5.17. The summed E-state index contributed by atoms with van der Waals surface area (Å²) >= 11 is 7.21. The summed E-state index contributed by atoms with van der Waals surface area (Å²) in [5.74, 6) is -1.64. The molecule has 0 saturated heterocycles. The highest BCUT2D eigenvalue weighted by Crippen LogP contribution is 2.35. The van der Waals surface area contributed by atoms with Gasteiger partial charge in [-0.2, -0.15) is 0 Å². The van der Waals surface area contributed by atoms with Crippen molar-refractivity contribution in [1.29, 1.82) is 0 Å². The van der Waals surface area contributed by atoms with Crippen LogP contribution in [0.5, 0.6) is 28.7 Å². The molecule has 24 heavy (non-hydrogen) atoms. The molecule has 2 aromatic carbocycles. The van der Waals surface area contributed by atoms with E-state index in [0.29, 0.717) is 27.0 Å². The van der Waals surface area contributed by atoms with Crippen molar-refractivity contribution in [2.75, 3.05) is 0 Å². The van der Waals surface area contributed by atoms with Crippen LogP contribution in [0.2, 0.25) is 0 Å². The van der Waals surface area contributed by atoms with Gasteiger partial charge in [0.1, 0.15) is 0 Å². The summed E-state index contributed by atoms with van der Waals surface area (Å²) in [7, 11) is 0. The fourth-order valence-corrected chi connectivity index (χ4v) is 2.99. The molecular formula is C16H16INO5S. The topological polar surface area (TPSA) is 113 Å². The minimum absolute atomic E-state index is 0.137. The Bertz CT molecular complexity index is 758. The predicted molar refractivity (Wildman–Crippen MR) is 102 cm³/mol. The van der Waals surface area contributed by atoms with Gasteiger partial charge < -0.3 is 30.8 Å². The highest BCUT2D eigenvalue weighted by atomic mass is 127. The number of phenols is 5. The fourth-order valence-electron chi connectivity index (χ4n) is 2.09. The van der Waals surface area contributed by atoms with Crippen LogP contribution in [0.3, 0.4) is 0 Å². The molecule has 0 atom stereocenters. The van der Waals surface area contributed by atoms with E-state index in [1.807, 2.05) is 22.6 Å². The monoisotopic (exact) mass is 461 g/mol. The highest BCUT2D eigenvalue weighted by Gasteiger charge is 2.11. The molecule has 0 aliphatic carbocycles. The summed E-state index contributed by atoms with van der Waals surface area (Å²) in [6.07, 6.45) is 1.12. The Morgan fingerprint density at radius 3 is 2.21 bits per heavy atom. The van der Waals surface area contributed by atoms with Crippen LogP contribution in [-0.2, 0) is 13.0 Å². The Morgan fingerprint density at radius 2 is 1.58 bits per heavy atom. The van der Waals surface area contributed by atoms with Crippen molar-refractivity contribution in [2.45, 2.75) is 19.4 Å². The first-order valence-corrected chi connectivity index (χ1v) is 8.48. The second-order valence-corrected chi connectivity index (χ2v) is 6.74. The third-order valence-corrected chi connectivity index (χ3v) is 4.97. The first-order chi connectivity index (χ1) is 11.3. The SMILES string of the molecule is Oc1cc(CNC(=S)CCc2ccc(O)c(O)c2I)cc(O)c1O. The van der Waals surface area contributed by atoms with Gasteiger partial charge in [-0.1, -0.05) is 18.3 Å². The zero-order chi connectivity index (χ0) is 17.9. The summed E-state index contributed by atoms with van der Waals surface area (Å²) in [5, 5.41) is 50.4. The van der Waals surface area contributed by atoms with Crippen LogP contribution < -0.4 is 5.32 Å². The summed E-state index contributed by atoms with van der Waals surface area (Å²) in [6.45, 7) is 0.290. The zero-order valence-electron chi connectivity index (χ0n) is 12.5. The van der Waals surface area contributed by atoms with E-state index in [9.17, 15) is 25.5 Å². The highest BCUT2D eigenvalue weighted by molar-refractivity contribution is 14.1. The van der Waals surface area contributed by atoms with Gasteiger partial charge >= 0.3 is 0 Å². The molecule has 0 aliphatic rings. The number of hydrogen-bond donors (Lipinski definition) is 6. The fraction of sp³-hybridized carbons (Fsp3) is 0.188. The van der Waals surface area contributed by atoms with Gasteiger partial charge in [0.2, 0.25) is 0 Å². The van der Waals surface area contributed by atoms with Gasteiger partial charge in [0, 0.05) is 13.0 Å². The number of aryl methyl sites for hydroxylation is 1. The molecule has 2 rings (SSSR count). The first-order valence-electron chi connectivity index (χ1n) is 6.99. The lowest BCUT2D eigenvalue weighted by Gasteiger charge is -2.11. The molecule has 0 aromatic heterocycles. The molecule has 2 aromatic rings. The smallest absolute Gasteiger partial charge is 0.200 e. The molecule has 0 saturated carbocycles. The average Bonchev–Trinajstić information content (AvgIpc) is 2.55. The Balaban J connectivity index is 1.92. The van der Waals surface area contributed by atoms with Gasteiger partial charge in [-0.15, -0.1) is 0 Å². The Labute approximate surface area is 157 Å². The number of rotatable bonds is 5. The Morgan fingerprint density at radius 1 is 0.958 bits per heavy atom. The van der Waals surface area contributed by atoms with Gasteiger partial charge in [0.15, 0.2) is 28.7 Å². The summed E-state index contributed by atoms with van der Waals surface area (Å²) in [6, 6.07) is 5.85. The minimum Gasteiger partial charge on any atom is -0.504 e. The van der Waals surface area contributed by atoms with Crippen molar-refractivity contribution < 1.29 is 25.5 Å². The van der Waals surface area contributed by atoms with E-state index in [0.717, 1.165) is 5.56 Å². The van der Waals surface area contributed by atoms with Crippen LogP contribution in [0.4, 0.5) is 0 Å². The molecule has 0 bridgehead atoms. The third kappa shape index (κ3) is 4.32. The molecule has 0 radical (unpaired) electrons. The van der Waals surface area contributed by atoms with Gasteiger partial charge in [-0.05, 0) is 58.3 Å². The predicted octanol–water partition coefficient (Wildman–Crippen LogP) is 2.87. The third-order valence-electron chi connectivity index (χ3n) is 3.42. The van der Waals surface area contributed by atoms with Crippen molar-refractivity contribution in [3.8, 4) is 28.7 Å². The quantitative estimate of drug-likeness (QED) is 0.231. The molecule has 0 unspecified atom stereocenters. The molecule has 0 amide bonds. The molecule has 6 nitrogen and oxygen atoms in total. The van der Waals surface area contributed by atoms with Gasteiger partial charge in [0.05, 0.1) is 8.56 Å². The van der Waals surface area contributed by atoms with Crippen molar-refractivity contribution in [2.24, 2.45) is 0 Å². The largest absolute Gasteiger partial charge is 0.504 e. The Kier molecular flexibility index (Phi) is 5.94. The molecule has 0 spiro atoms. The van der Waals surface area contributed by atoms with Crippen LogP contribution in [0.25, 0.3) is 0 Å². The molecular weight excluding hydrogens is 445 g/mol. The number of aromatic hydroxyl groups is 5. The number of nitrogens with one attached hydrogen (secondary N) is 1. The van der Waals surface area contributed by atoms with Crippen molar-refractivity contribution >= 4 is 39.8 Å². The van der Waals surface area contributed by atoms with E-state index >= 15 is 0 Å². The number of halogens is 1. The first kappa shape index (κ1) is 18.4. The van der Waals surface area contributed by atoms with Crippen LogP contribution >= 0.6 is 34.8 Å². The van der Waals surface area contributed by atoms with Crippen molar-refractivity contribution in [3.63, 3.8) is 0 Å². The van der Waals surface area contributed by atoms with Gasteiger partial charge in [0.25, 0.3) is 0 Å². The van der Waals surface area contributed by atoms with E-state index in [2.05, 4.69) is 5.32 Å². The maximum Gasteiger partial charge on any atom is 0.200 e. The van der Waals surface area contributed by atoms with Crippen LogP contribution in [0, 0.1) is 3.57 Å². The molecule has 6 N–H and O–H groups in total. The van der Waals surface area contributed by atoms with Gasteiger partial charge in [-0.25, -0.2) is 0 Å². The van der Waals surface area contributed by atoms with E-state index in [1.54, 1.807) is 6.07 Å². The number of thiocarbonyl (C=S) groups is 1. The van der Waals surface area contributed by atoms with Crippen molar-refractivity contribution in [1.82, 2.24) is 5.32 Å². The van der Waals surface area contributed by atoms with Crippen LogP contribution in [0.1, 0.15) is 17.5 Å². The molecule has 128 valence electrons. The van der Waals surface area contributed by atoms with E-state index in [-0.39, 0.29) is 18.0 Å². The number of phenolic OH excluding ortho intramolecular Hbond substituents is 5. The summed E-state index contributed by atoms with van der Waals surface area (Å²) in [5.41, 5.74) is 1.44. The van der Waals surface area contributed by atoms with E-state index in [1.165, 1.54) is 18.2 Å². The van der Waals surface area contributed by atoms with Crippen molar-refractivity contribution in [3.05, 3.63) is 39.0 Å². The standard InChI is InChI=1S/C16H16INO5S/c17-14-9(1-3-10(19)16(14)23)2-4-13(24)18-7-8-5-11(20)15(22)12(21)6-8/h1,3,5-6,19-23H,2,4,7H2,(H,18,24). The van der Waals surface area contributed by atoms with Crippen LogP contribution in [0.15, 0.2) is 24.3 Å². The number of benzene rings is 2. The normalized spacial score (nSPS) is 10.5. The second kappa shape index (κ2) is 7.75. The number of hydrogen-bond acceptors (Lipinski definition) is 6. The summed E-state index contributed by atoms with van der Waals surface area (Å²) in [4.78, 5) is 0.574. The Hall–Kier alpha value is -1.94. The zero-order valence-corrected chi connectivity index (χ0v) is 15.4. The van der Waals surface area contributed by atoms with E-state index < -0.39 is 17.2 Å². The maximum absolute atomic E-state index is 9.71. The molecule has 0 aliphatic heterocycles. The van der Waals surface area contributed by atoms with Gasteiger partial charge in [-0.3, -0.25) is 0 Å².